The van der Waals surface area contributed by atoms with Crippen molar-refractivity contribution in [3.05, 3.63) is 41.5 Å². The Hall–Kier alpha value is -1.94. The van der Waals surface area contributed by atoms with Gasteiger partial charge >= 0.3 is 5.97 Å². The van der Waals surface area contributed by atoms with Crippen molar-refractivity contribution in [3.8, 4) is 0 Å². The highest BCUT2D eigenvalue weighted by molar-refractivity contribution is 5.86. The topological polar surface area (TPSA) is 46.6 Å². The second-order valence-corrected chi connectivity index (χ2v) is 4.91. The number of esters is 1. The number of benzene rings is 1. The van der Waals surface area contributed by atoms with Gasteiger partial charge in [0.2, 0.25) is 0 Å². The Labute approximate surface area is 119 Å². The minimum absolute atomic E-state index is 0.355. The standard InChI is InChI=1S/C16H19NO3/c1-20-16(19)7-6-13-2-4-14(5-3-13)12-17-10-8-15(18)9-11-17/h2-7H,8-12H2,1H3/b7-6+. The van der Waals surface area contributed by atoms with Crippen LogP contribution in [-0.4, -0.2) is 36.9 Å². The number of ketones is 1. The number of carbonyl (C=O) groups excluding carboxylic acids is 2. The number of rotatable bonds is 4. The normalized spacial score (nSPS) is 16.6. The Morgan fingerprint density at radius 2 is 1.90 bits per heavy atom. The van der Waals surface area contributed by atoms with Crippen LogP contribution < -0.4 is 0 Å². The van der Waals surface area contributed by atoms with E-state index in [0.29, 0.717) is 18.6 Å². The maximum Gasteiger partial charge on any atom is 0.330 e. The zero-order valence-corrected chi connectivity index (χ0v) is 11.7. The van der Waals surface area contributed by atoms with Gasteiger partial charge < -0.3 is 4.74 Å². The highest BCUT2D eigenvalue weighted by Gasteiger charge is 2.15. The largest absolute Gasteiger partial charge is 0.466 e. The smallest absolute Gasteiger partial charge is 0.330 e. The lowest BCUT2D eigenvalue weighted by Gasteiger charge is -2.25. The van der Waals surface area contributed by atoms with Gasteiger partial charge in [0, 0.05) is 38.6 Å². The SMILES string of the molecule is COC(=O)/C=C/c1ccc(CN2CCC(=O)CC2)cc1. The molecule has 4 heteroatoms. The van der Waals surface area contributed by atoms with Crippen molar-refractivity contribution >= 4 is 17.8 Å². The average Bonchev–Trinajstić information content (AvgIpc) is 2.48. The lowest BCUT2D eigenvalue weighted by atomic mass is 10.1. The molecule has 1 heterocycles. The summed E-state index contributed by atoms with van der Waals surface area (Å²) >= 11 is 0. The molecule has 0 N–H and O–H groups in total. The number of ether oxygens (including phenoxy) is 1. The predicted octanol–water partition coefficient (Wildman–Crippen LogP) is 2.04. The molecular weight excluding hydrogens is 254 g/mol. The third kappa shape index (κ3) is 4.31. The molecule has 1 saturated heterocycles. The monoisotopic (exact) mass is 273 g/mol. The number of hydrogen-bond donors (Lipinski definition) is 0. The van der Waals surface area contributed by atoms with Crippen LogP contribution in [-0.2, 0) is 20.9 Å². The second-order valence-electron chi connectivity index (χ2n) is 4.91. The van der Waals surface area contributed by atoms with Crippen LogP contribution >= 0.6 is 0 Å². The molecule has 0 amide bonds. The van der Waals surface area contributed by atoms with Crippen molar-refractivity contribution in [2.24, 2.45) is 0 Å². The van der Waals surface area contributed by atoms with E-state index in [-0.39, 0.29) is 5.97 Å². The summed E-state index contributed by atoms with van der Waals surface area (Å²) < 4.78 is 4.54. The third-order valence-corrected chi connectivity index (χ3v) is 3.41. The fourth-order valence-electron chi connectivity index (χ4n) is 2.19. The predicted molar refractivity (Wildman–Crippen MR) is 77.0 cm³/mol. The first kappa shape index (κ1) is 14.5. The summed E-state index contributed by atoms with van der Waals surface area (Å²) in [4.78, 5) is 24.5. The Morgan fingerprint density at radius 1 is 1.25 bits per heavy atom. The molecule has 0 spiro atoms. The van der Waals surface area contributed by atoms with Gasteiger partial charge in [-0.1, -0.05) is 24.3 Å². The van der Waals surface area contributed by atoms with Crippen molar-refractivity contribution in [3.63, 3.8) is 0 Å². The number of carbonyl (C=O) groups is 2. The molecular formula is C16H19NO3. The summed E-state index contributed by atoms with van der Waals surface area (Å²) in [6, 6.07) is 8.05. The number of nitrogens with zero attached hydrogens (tertiary/aromatic N) is 1. The summed E-state index contributed by atoms with van der Waals surface area (Å²) in [6.45, 7) is 2.57. The van der Waals surface area contributed by atoms with Crippen molar-refractivity contribution < 1.29 is 14.3 Å². The summed E-state index contributed by atoms with van der Waals surface area (Å²) in [7, 11) is 1.36. The van der Waals surface area contributed by atoms with Crippen LogP contribution in [0.15, 0.2) is 30.3 Å². The van der Waals surface area contributed by atoms with E-state index in [1.54, 1.807) is 6.08 Å². The molecule has 0 atom stereocenters. The Bertz CT molecular complexity index is 495. The molecule has 0 saturated carbocycles. The zero-order chi connectivity index (χ0) is 14.4. The van der Waals surface area contributed by atoms with Crippen LogP contribution in [0.3, 0.4) is 0 Å². The lowest BCUT2D eigenvalue weighted by molar-refractivity contribution is -0.134. The van der Waals surface area contributed by atoms with Crippen LogP contribution in [0.2, 0.25) is 0 Å². The quantitative estimate of drug-likeness (QED) is 0.622. The van der Waals surface area contributed by atoms with E-state index in [1.165, 1.54) is 18.7 Å². The van der Waals surface area contributed by atoms with Gasteiger partial charge in [0.05, 0.1) is 7.11 Å². The van der Waals surface area contributed by atoms with E-state index in [9.17, 15) is 9.59 Å². The molecule has 1 aromatic carbocycles. The maximum absolute atomic E-state index is 11.2. The molecule has 0 unspecified atom stereocenters. The molecule has 0 aromatic heterocycles. The fourth-order valence-corrected chi connectivity index (χ4v) is 2.19. The molecule has 20 heavy (non-hydrogen) atoms. The minimum atomic E-state index is -0.355. The number of Topliss-reactive ketones (excluding diaryl/α,β-unsaturated/α-hetero) is 1. The molecule has 1 fully saturated rings. The van der Waals surface area contributed by atoms with E-state index < -0.39 is 0 Å². The summed E-state index contributed by atoms with van der Waals surface area (Å²) in [6.07, 6.45) is 4.47. The molecule has 4 nitrogen and oxygen atoms in total. The van der Waals surface area contributed by atoms with Crippen LogP contribution in [0.1, 0.15) is 24.0 Å². The highest BCUT2D eigenvalue weighted by atomic mass is 16.5. The summed E-state index contributed by atoms with van der Waals surface area (Å²) in [5.41, 5.74) is 2.18. The van der Waals surface area contributed by atoms with Gasteiger partial charge in [0.15, 0.2) is 0 Å². The van der Waals surface area contributed by atoms with Gasteiger partial charge in [-0.15, -0.1) is 0 Å². The van der Waals surface area contributed by atoms with Crippen molar-refractivity contribution in [2.75, 3.05) is 20.2 Å². The van der Waals surface area contributed by atoms with Gasteiger partial charge in [0.1, 0.15) is 5.78 Å². The van der Waals surface area contributed by atoms with Gasteiger partial charge in [-0.3, -0.25) is 9.69 Å². The Kier molecular flexibility index (Phi) is 5.07. The van der Waals surface area contributed by atoms with Gasteiger partial charge in [0.25, 0.3) is 0 Å². The van der Waals surface area contributed by atoms with E-state index in [4.69, 9.17) is 0 Å². The van der Waals surface area contributed by atoms with Gasteiger partial charge in [-0.25, -0.2) is 4.79 Å². The molecule has 1 aliphatic heterocycles. The van der Waals surface area contributed by atoms with Crippen LogP contribution in [0, 0.1) is 0 Å². The lowest BCUT2D eigenvalue weighted by Crippen LogP contribution is -2.33. The number of likely N-dealkylation sites (tertiary alicyclic amines) is 1. The summed E-state index contributed by atoms with van der Waals surface area (Å²) in [5, 5.41) is 0. The van der Waals surface area contributed by atoms with E-state index in [1.807, 2.05) is 24.3 Å². The molecule has 1 aliphatic rings. The average molecular weight is 273 g/mol. The highest BCUT2D eigenvalue weighted by Crippen LogP contribution is 2.12. The van der Waals surface area contributed by atoms with Crippen molar-refractivity contribution in [1.82, 2.24) is 4.90 Å². The van der Waals surface area contributed by atoms with E-state index in [2.05, 4.69) is 9.64 Å². The van der Waals surface area contributed by atoms with Gasteiger partial charge in [-0.2, -0.15) is 0 Å². The maximum atomic E-state index is 11.2. The first-order valence-electron chi connectivity index (χ1n) is 6.76. The second kappa shape index (κ2) is 7.01. The first-order valence-corrected chi connectivity index (χ1v) is 6.76. The molecule has 0 aliphatic carbocycles. The van der Waals surface area contributed by atoms with E-state index >= 15 is 0 Å². The third-order valence-electron chi connectivity index (χ3n) is 3.41. The number of hydrogen-bond acceptors (Lipinski definition) is 4. The first-order chi connectivity index (χ1) is 9.67. The number of methoxy groups -OCH3 is 1. The van der Waals surface area contributed by atoms with Crippen LogP contribution in [0.25, 0.3) is 6.08 Å². The molecule has 0 bridgehead atoms. The Morgan fingerprint density at radius 3 is 2.50 bits per heavy atom. The number of piperidine rings is 1. The Balaban J connectivity index is 1.89. The summed E-state index contributed by atoms with van der Waals surface area (Å²) in [5.74, 6) is 0.0107. The van der Waals surface area contributed by atoms with Crippen LogP contribution in [0.5, 0.6) is 0 Å². The molecule has 1 aromatic rings. The molecule has 106 valence electrons. The minimum Gasteiger partial charge on any atom is -0.466 e. The van der Waals surface area contributed by atoms with Gasteiger partial charge in [-0.05, 0) is 17.2 Å². The van der Waals surface area contributed by atoms with Crippen molar-refractivity contribution in [2.45, 2.75) is 19.4 Å². The zero-order valence-electron chi connectivity index (χ0n) is 11.7. The van der Waals surface area contributed by atoms with E-state index in [0.717, 1.165) is 25.2 Å². The van der Waals surface area contributed by atoms with Crippen molar-refractivity contribution in [1.29, 1.82) is 0 Å². The fraction of sp³-hybridized carbons (Fsp3) is 0.375. The molecule has 2 rings (SSSR count). The van der Waals surface area contributed by atoms with Crippen LogP contribution in [0.4, 0.5) is 0 Å². The molecule has 0 radical (unpaired) electrons.